The van der Waals surface area contributed by atoms with Crippen LogP contribution in [0.15, 0.2) is 0 Å². The molecule has 0 aromatic carbocycles. The predicted molar refractivity (Wildman–Crippen MR) is 28.6 cm³/mol. The lowest BCUT2D eigenvalue weighted by molar-refractivity contribution is 0.403. The zero-order valence-electron chi connectivity index (χ0n) is 3.63. The third kappa shape index (κ3) is 10.7. The Balaban J connectivity index is 0. The van der Waals surface area contributed by atoms with Crippen LogP contribution >= 0.6 is 0 Å². The molecule has 7 heavy (non-hydrogen) atoms. The Hall–Kier alpha value is -0.0900. The topological polar surface area (TPSA) is 43.4 Å². The highest BCUT2D eigenvalue weighted by Gasteiger charge is 1.90. The molecule has 0 saturated carbocycles. The van der Waals surface area contributed by atoms with Gasteiger partial charge >= 0.3 is 0 Å². The van der Waals surface area contributed by atoms with Gasteiger partial charge in [-0.1, -0.05) is 7.43 Å². The summed E-state index contributed by atoms with van der Waals surface area (Å²) in [5, 5.41) is 0. The van der Waals surface area contributed by atoms with Crippen LogP contribution in [0.3, 0.4) is 0 Å². The Labute approximate surface area is 44.4 Å². The molecule has 4 heteroatoms. The maximum absolute atomic E-state index is 9.78. The first kappa shape index (κ1) is 10.0. The third-order valence-corrected chi connectivity index (χ3v) is 0.908. The maximum Gasteiger partial charge on any atom is 0.264 e. The van der Waals surface area contributed by atoms with Crippen LogP contribution in [0.4, 0.5) is 0 Å². The first-order valence-corrected chi connectivity index (χ1v) is 3.13. The summed E-state index contributed by atoms with van der Waals surface area (Å²) in [5.74, 6) is 0. The quantitative estimate of drug-likeness (QED) is 0.472. The molecule has 0 N–H and O–H groups in total. The monoisotopic (exact) mass is 126 g/mol. The standard InChI is InChI=1S/C2H6O3S.CH4/c1-5-6(2,3)4;/h1-2H3;1H4. The molecule has 0 rings (SSSR count). The second kappa shape index (κ2) is 2.98. The van der Waals surface area contributed by atoms with E-state index in [2.05, 4.69) is 4.18 Å². The summed E-state index contributed by atoms with van der Waals surface area (Å²) < 4.78 is 23.5. The van der Waals surface area contributed by atoms with E-state index in [4.69, 9.17) is 0 Å². The van der Waals surface area contributed by atoms with Gasteiger partial charge in [-0.3, -0.25) is 4.18 Å². The van der Waals surface area contributed by atoms with E-state index >= 15 is 0 Å². The molecule has 0 fully saturated rings. The van der Waals surface area contributed by atoms with Gasteiger partial charge in [0, 0.05) is 0 Å². The van der Waals surface area contributed by atoms with E-state index in [9.17, 15) is 8.42 Å². The summed E-state index contributed by atoms with van der Waals surface area (Å²) in [6, 6.07) is 0. The van der Waals surface area contributed by atoms with Crippen molar-refractivity contribution in [3.63, 3.8) is 0 Å². The fraction of sp³-hybridized carbons (Fsp3) is 1.00. The van der Waals surface area contributed by atoms with Crippen molar-refractivity contribution in [2.75, 3.05) is 13.4 Å². The fourth-order valence-corrected chi connectivity index (χ4v) is 0. The first-order valence-electron chi connectivity index (χ1n) is 1.32. The molecule has 0 heterocycles. The average molecular weight is 126 g/mol. The molecule has 0 spiro atoms. The summed E-state index contributed by atoms with van der Waals surface area (Å²) in [6.07, 6.45) is 0.993. The van der Waals surface area contributed by atoms with Crippen molar-refractivity contribution in [3.05, 3.63) is 0 Å². The molecule has 0 aromatic heterocycles. The van der Waals surface area contributed by atoms with Gasteiger partial charge in [0.25, 0.3) is 10.1 Å². The van der Waals surface area contributed by atoms with Crippen LogP contribution in [0, 0.1) is 0 Å². The van der Waals surface area contributed by atoms with Gasteiger partial charge in [0.2, 0.25) is 0 Å². The lowest BCUT2D eigenvalue weighted by Gasteiger charge is -1.84. The summed E-state index contributed by atoms with van der Waals surface area (Å²) in [5.41, 5.74) is 0. The van der Waals surface area contributed by atoms with Crippen molar-refractivity contribution in [1.82, 2.24) is 0 Å². The Morgan fingerprint density at radius 2 is 1.57 bits per heavy atom. The van der Waals surface area contributed by atoms with Crippen LogP contribution in [0.1, 0.15) is 7.43 Å². The molecule has 3 nitrogen and oxygen atoms in total. The van der Waals surface area contributed by atoms with Gasteiger partial charge in [0.15, 0.2) is 0 Å². The van der Waals surface area contributed by atoms with Crippen molar-refractivity contribution in [3.8, 4) is 0 Å². The second-order valence-corrected chi connectivity index (χ2v) is 2.61. The molecule has 0 atom stereocenters. The van der Waals surface area contributed by atoms with E-state index in [1.54, 1.807) is 0 Å². The molecule has 0 aliphatic rings. The summed E-state index contributed by atoms with van der Waals surface area (Å²) >= 11 is 0. The van der Waals surface area contributed by atoms with Crippen LogP contribution in [0.2, 0.25) is 0 Å². The summed E-state index contributed by atoms with van der Waals surface area (Å²) in [7, 11) is -2.04. The molecule has 0 saturated heterocycles. The van der Waals surface area contributed by atoms with Crippen LogP contribution < -0.4 is 0 Å². The van der Waals surface area contributed by atoms with Crippen LogP contribution in [-0.4, -0.2) is 21.8 Å². The van der Waals surface area contributed by atoms with E-state index in [-0.39, 0.29) is 7.43 Å². The fourth-order valence-electron chi connectivity index (χ4n) is 0. The molecule has 46 valence electrons. The molecule has 0 amide bonds. The minimum Gasteiger partial charge on any atom is -0.274 e. The summed E-state index contributed by atoms with van der Waals surface area (Å²) in [6.45, 7) is 0. The lowest BCUT2D eigenvalue weighted by atomic mass is 11.8. The van der Waals surface area contributed by atoms with E-state index in [1.807, 2.05) is 0 Å². The predicted octanol–water partition coefficient (Wildman–Crippen LogP) is 0.228. The third-order valence-electron chi connectivity index (χ3n) is 0.303. The normalized spacial score (nSPS) is 10.0. The Kier molecular flexibility index (Phi) is 4.27. The zero-order chi connectivity index (χ0) is 5.21. The van der Waals surface area contributed by atoms with Gasteiger partial charge in [-0.25, -0.2) is 0 Å². The highest BCUT2D eigenvalue weighted by Crippen LogP contribution is 1.75. The van der Waals surface area contributed by atoms with Crippen molar-refractivity contribution < 1.29 is 12.6 Å². The van der Waals surface area contributed by atoms with E-state index in [0.29, 0.717) is 0 Å². The summed E-state index contributed by atoms with van der Waals surface area (Å²) in [4.78, 5) is 0. The Bertz CT molecular complexity index is 112. The van der Waals surface area contributed by atoms with Crippen molar-refractivity contribution in [2.45, 2.75) is 7.43 Å². The van der Waals surface area contributed by atoms with Crippen LogP contribution in [0.25, 0.3) is 0 Å². The Morgan fingerprint density at radius 1 is 1.43 bits per heavy atom. The average Bonchev–Trinajstić information content (AvgIpc) is 1.35. The number of hydrogen-bond acceptors (Lipinski definition) is 3. The van der Waals surface area contributed by atoms with Gasteiger partial charge in [-0.15, -0.1) is 0 Å². The number of rotatable bonds is 1. The van der Waals surface area contributed by atoms with Crippen molar-refractivity contribution in [2.24, 2.45) is 0 Å². The van der Waals surface area contributed by atoms with Crippen molar-refractivity contribution >= 4 is 10.1 Å². The van der Waals surface area contributed by atoms with Crippen molar-refractivity contribution in [1.29, 1.82) is 0 Å². The second-order valence-electron chi connectivity index (χ2n) is 0.871. The van der Waals surface area contributed by atoms with E-state index in [0.717, 1.165) is 13.4 Å². The van der Waals surface area contributed by atoms with Gasteiger partial charge in [0.1, 0.15) is 0 Å². The van der Waals surface area contributed by atoms with Gasteiger partial charge in [-0.05, 0) is 0 Å². The van der Waals surface area contributed by atoms with Gasteiger partial charge in [0.05, 0.1) is 13.4 Å². The minimum absolute atomic E-state index is 0. The number of hydrogen-bond donors (Lipinski definition) is 0. The van der Waals surface area contributed by atoms with Crippen LogP contribution in [0.5, 0.6) is 0 Å². The van der Waals surface area contributed by atoms with E-state index in [1.165, 1.54) is 0 Å². The molecule has 0 aliphatic heterocycles. The highest BCUT2D eigenvalue weighted by molar-refractivity contribution is 7.85. The van der Waals surface area contributed by atoms with Gasteiger partial charge in [-0.2, -0.15) is 8.42 Å². The SMILES string of the molecule is C.COS(C)(=O)=O. The Morgan fingerprint density at radius 3 is 1.57 bits per heavy atom. The van der Waals surface area contributed by atoms with E-state index < -0.39 is 10.1 Å². The minimum atomic E-state index is -3.16. The van der Waals surface area contributed by atoms with Gasteiger partial charge < -0.3 is 0 Å². The maximum atomic E-state index is 9.78. The molecule has 0 radical (unpaired) electrons. The molecular weight excluding hydrogens is 116 g/mol. The molecule has 0 bridgehead atoms. The molecule has 0 aliphatic carbocycles. The smallest absolute Gasteiger partial charge is 0.264 e. The molecule has 0 unspecified atom stereocenters. The van der Waals surface area contributed by atoms with Crippen LogP contribution in [-0.2, 0) is 14.3 Å². The first-order chi connectivity index (χ1) is 2.56. The molecular formula is C3H10O3S. The highest BCUT2D eigenvalue weighted by atomic mass is 32.2. The molecule has 0 aromatic rings. The zero-order valence-corrected chi connectivity index (χ0v) is 4.45. The lowest BCUT2D eigenvalue weighted by Crippen LogP contribution is -1.95. The largest absolute Gasteiger partial charge is 0.274 e.